The number of rotatable bonds is 2. The zero-order valence-electron chi connectivity index (χ0n) is 7.01. The van der Waals surface area contributed by atoms with Gasteiger partial charge in [-0.2, -0.15) is 0 Å². The number of carbonyl (C=O) groups is 1. The lowest BCUT2D eigenvalue weighted by Crippen LogP contribution is -2.16. The number of hydrogen-bond donors (Lipinski definition) is 1. The Labute approximate surface area is 63.4 Å². The van der Waals surface area contributed by atoms with E-state index in [1.165, 1.54) is 0 Å². The van der Waals surface area contributed by atoms with Gasteiger partial charge in [0.05, 0.1) is 6.16 Å². The van der Waals surface area contributed by atoms with E-state index >= 15 is 0 Å². The van der Waals surface area contributed by atoms with E-state index in [2.05, 4.69) is 20.8 Å². The number of carboxylic acid groups (broad SMARTS) is 1. The molecule has 0 saturated heterocycles. The summed E-state index contributed by atoms with van der Waals surface area (Å²) in [5, 5.41) is 8.64. The van der Waals surface area contributed by atoms with Crippen molar-refractivity contribution in [1.82, 2.24) is 0 Å². The molecule has 10 heavy (non-hydrogen) atoms. The van der Waals surface area contributed by atoms with E-state index in [9.17, 15) is 4.79 Å². The molecule has 0 aromatic rings. The van der Waals surface area contributed by atoms with Crippen molar-refractivity contribution in [3.8, 4) is 0 Å². The zero-order valence-corrected chi connectivity index (χ0v) is 7.90. The molecular weight excluding hydrogens is 147 g/mol. The molecule has 0 aromatic heterocycles. The first-order valence-electron chi connectivity index (χ1n) is 3.27. The van der Waals surface area contributed by atoms with Crippen LogP contribution in [0.2, 0.25) is 0 Å². The molecule has 0 aromatic carbocycles. The van der Waals surface area contributed by atoms with Crippen LogP contribution >= 0.6 is 7.92 Å². The van der Waals surface area contributed by atoms with Crippen LogP contribution in [0, 0.1) is 0 Å². The molecule has 0 aliphatic heterocycles. The Balaban J connectivity index is 3.85. The molecule has 0 aliphatic carbocycles. The van der Waals surface area contributed by atoms with Crippen LogP contribution in [0.1, 0.15) is 20.8 Å². The molecule has 1 unspecified atom stereocenters. The van der Waals surface area contributed by atoms with Crippen molar-refractivity contribution >= 4 is 13.9 Å². The van der Waals surface area contributed by atoms with Gasteiger partial charge in [-0.05, 0) is 11.8 Å². The first kappa shape index (κ1) is 9.90. The predicted octanol–water partition coefficient (Wildman–Crippen LogP) is 1.98. The van der Waals surface area contributed by atoms with Crippen molar-refractivity contribution in [3.63, 3.8) is 0 Å². The summed E-state index contributed by atoms with van der Waals surface area (Å²) >= 11 is 0. The predicted molar refractivity (Wildman–Crippen MR) is 45.1 cm³/mol. The SMILES string of the molecule is CP(CC(=O)O)C(C)(C)C. The summed E-state index contributed by atoms with van der Waals surface area (Å²) in [6, 6.07) is 0. The van der Waals surface area contributed by atoms with E-state index in [1.807, 2.05) is 6.66 Å². The van der Waals surface area contributed by atoms with E-state index < -0.39 is 5.97 Å². The fourth-order valence-electron chi connectivity index (χ4n) is 0.440. The van der Waals surface area contributed by atoms with Crippen LogP contribution in [0.25, 0.3) is 0 Å². The maximum Gasteiger partial charge on any atom is 0.307 e. The van der Waals surface area contributed by atoms with Gasteiger partial charge in [0.25, 0.3) is 0 Å². The highest BCUT2D eigenvalue weighted by molar-refractivity contribution is 7.59. The summed E-state index contributed by atoms with van der Waals surface area (Å²) in [6.07, 6.45) is 0.332. The largest absolute Gasteiger partial charge is 0.481 e. The first-order valence-corrected chi connectivity index (χ1v) is 5.24. The molecule has 0 saturated carbocycles. The molecular formula is C7H15O2P. The minimum atomic E-state index is -0.677. The van der Waals surface area contributed by atoms with Crippen LogP contribution in [0.3, 0.4) is 0 Å². The molecule has 3 heteroatoms. The molecule has 0 amide bonds. The molecule has 0 fully saturated rings. The third-order valence-electron chi connectivity index (χ3n) is 1.52. The van der Waals surface area contributed by atoms with Gasteiger partial charge in [0.1, 0.15) is 0 Å². The molecule has 1 N–H and O–H groups in total. The topological polar surface area (TPSA) is 37.3 Å². The highest BCUT2D eigenvalue weighted by Crippen LogP contribution is 2.45. The standard InChI is InChI=1S/C7H15O2P/c1-7(2,3)10(4)5-6(8)9/h5H2,1-4H3,(H,8,9). The van der Waals surface area contributed by atoms with E-state index in [4.69, 9.17) is 5.11 Å². The molecule has 0 heterocycles. The van der Waals surface area contributed by atoms with Crippen molar-refractivity contribution in [3.05, 3.63) is 0 Å². The van der Waals surface area contributed by atoms with Crippen molar-refractivity contribution in [2.45, 2.75) is 25.9 Å². The van der Waals surface area contributed by atoms with Gasteiger partial charge in [-0.25, -0.2) is 0 Å². The quantitative estimate of drug-likeness (QED) is 0.630. The second-order valence-electron chi connectivity index (χ2n) is 3.42. The summed E-state index contributed by atoms with van der Waals surface area (Å²) in [6.45, 7) is 8.29. The molecule has 0 bridgehead atoms. The van der Waals surface area contributed by atoms with Crippen molar-refractivity contribution in [1.29, 1.82) is 0 Å². The highest BCUT2D eigenvalue weighted by atomic mass is 31.1. The Hall–Kier alpha value is -0.100. The van der Waals surface area contributed by atoms with Gasteiger partial charge in [-0.15, -0.1) is 0 Å². The number of aliphatic carboxylic acids is 1. The monoisotopic (exact) mass is 162 g/mol. The van der Waals surface area contributed by atoms with Crippen LogP contribution in [0.5, 0.6) is 0 Å². The van der Waals surface area contributed by atoms with Crippen molar-refractivity contribution in [2.24, 2.45) is 0 Å². The summed E-state index contributed by atoms with van der Waals surface area (Å²) in [4.78, 5) is 10.3. The minimum absolute atomic E-state index is 0.174. The summed E-state index contributed by atoms with van der Waals surface area (Å²) < 4.78 is 0. The van der Waals surface area contributed by atoms with Crippen molar-refractivity contribution < 1.29 is 9.90 Å². The van der Waals surface area contributed by atoms with E-state index in [1.54, 1.807) is 0 Å². The minimum Gasteiger partial charge on any atom is -0.481 e. The van der Waals surface area contributed by atoms with E-state index in [-0.39, 0.29) is 13.1 Å². The van der Waals surface area contributed by atoms with Gasteiger partial charge in [-0.1, -0.05) is 28.7 Å². The molecule has 0 spiro atoms. The van der Waals surface area contributed by atoms with Crippen molar-refractivity contribution in [2.75, 3.05) is 12.8 Å². The molecule has 0 aliphatic rings. The van der Waals surface area contributed by atoms with E-state index in [0.29, 0.717) is 6.16 Å². The lowest BCUT2D eigenvalue weighted by Gasteiger charge is -2.26. The molecule has 0 radical (unpaired) electrons. The normalized spacial score (nSPS) is 14.8. The van der Waals surface area contributed by atoms with Crippen LogP contribution in [0.15, 0.2) is 0 Å². The zero-order chi connectivity index (χ0) is 8.36. The Morgan fingerprint density at radius 3 is 2.00 bits per heavy atom. The summed E-state index contributed by atoms with van der Waals surface area (Å²) in [7, 11) is -0.361. The van der Waals surface area contributed by atoms with Gasteiger partial charge in [-0.3, -0.25) is 4.79 Å². The average Bonchev–Trinajstić information content (AvgIpc) is 1.60. The summed E-state index contributed by atoms with van der Waals surface area (Å²) in [5.41, 5.74) is 0. The van der Waals surface area contributed by atoms with Gasteiger partial charge in [0.2, 0.25) is 0 Å². The third kappa shape index (κ3) is 3.84. The van der Waals surface area contributed by atoms with Crippen LogP contribution in [-0.4, -0.2) is 29.1 Å². The smallest absolute Gasteiger partial charge is 0.307 e. The lowest BCUT2D eigenvalue weighted by atomic mass is 10.3. The third-order valence-corrected chi connectivity index (χ3v) is 4.55. The van der Waals surface area contributed by atoms with Gasteiger partial charge >= 0.3 is 5.97 Å². The summed E-state index contributed by atoms with van der Waals surface area (Å²) in [5.74, 6) is -0.677. The highest BCUT2D eigenvalue weighted by Gasteiger charge is 2.21. The lowest BCUT2D eigenvalue weighted by molar-refractivity contribution is -0.134. The van der Waals surface area contributed by atoms with Gasteiger partial charge in [0.15, 0.2) is 0 Å². The molecule has 1 atom stereocenters. The second-order valence-corrected chi connectivity index (χ2v) is 6.47. The molecule has 2 nitrogen and oxygen atoms in total. The van der Waals surface area contributed by atoms with Crippen LogP contribution in [-0.2, 0) is 4.79 Å². The fourth-order valence-corrected chi connectivity index (χ4v) is 1.32. The Kier molecular flexibility index (Phi) is 3.30. The van der Waals surface area contributed by atoms with Crippen LogP contribution in [0.4, 0.5) is 0 Å². The van der Waals surface area contributed by atoms with E-state index in [0.717, 1.165) is 0 Å². The Bertz CT molecular complexity index is 126. The number of carboxylic acids is 1. The maximum atomic E-state index is 10.3. The fraction of sp³-hybridized carbons (Fsp3) is 0.857. The number of hydrogen-bond acceptors (Lipinski definition) is 1. The van der Waals surface area contributed by atoms with Gasteiger partial charge in [0, 0.05) is 0 Å². The average molecular weight is 162 g/mol. The maximum absolute atomic E-state index is 10.3. The second kappa shape index (κ2) is 3.34. The van der Waals surface area contributed by atoms with Crippen LogP contribution < -0.4 is 0 Å². The Morgan fingerprint density at radius 1 is 1.50 bits per heavy atom. The molecule has 60 valence electrons. The molecule has 0 rings (SSSR count). The van der Waals surface area contributed by atoms with Gasteiger partial charge < -0.3 is 5.11 Å². The Morgan fingerprint density at radius 2 is 1.90 bits per heavy atom. The first-order chi connectivity index (χ1) is 4.34.